The molecule has 80 valence electrons. The van der Waals surface area contributed by atoms with Gasteiger partial charge in [0, 0.05) is 5.39 Å². The molecule has 3 nitrogen and oxygen atoms in total. The normalized spacial score (nSPS) is 12.0. The highest BCUT2D eigenvalue weighted by Gasteiger charge is 2.23. The summed E-state index contributed by atoms with van der Waals surface area (Å²) in [7, 11) is 1.60. The molecule has 1 aromatic heterocycles. The van der Waals surface area contributed by atoms with Gasteiger partial charge in [0.1, 0.15) is 12.7 Å². The smallest absolute Gasteiger partial charge is 0.104 e. The van der Waals surface area contributed by atoms with Gasteiger partial charge in [0.2, 0.25) is 0 Å². The van der Waals surface area contributed by atoms with Crippen LogP contribution >= 0.6 is 0 Å². The molecular formula is C12H15NO2. The van der Waals surface area contributed by atoms with E-state index >= 15 is 0 Å². The summed E-state index contributed by atoms with van der Waals surface area (Å²) in [6.45, 7) is 3.49. The van der Waals surface area contributed by atoms with Gasteiger partial charge >= 0.3 is 0 Å². The van der Waals surface area contributed by atoms with E-state index in [4.69, 9.17) is 4.84 Å². The predicted molar refractivity (Wildman–Crippen MR) is 59.7 cm³/mol. The Kier molecular flexibility index (Phi) is 2.20. The minimum atomic E-state index is -0.908. The zero-order valence-electron chi connectivity index (χ0n) is 9.19. The first-order valence-corrected chi connectivity index (χ1v) is 4.92. The molecule has 3 heteroatoms. The Labute approximate surface area is 88.9 Å². The highest BCUT2D eigenvalue weighted by Crippen LogP contribution is 2.26. The molecule has 1 N–H and O–H groups in total. The lowest BCUT2D eigenvalue weighted by atomic mass is 10.1. The van der Waals surface area contributed by atoms with Gasteiger partial charge in [-0.3, -0.25) is 0 Å². The molecule has 0 unspecified atom stereocenters. The maximum Gasteiger partial charge on any atom is 0.104 e. The van der Waals surface area contributed by atoms with Gasteiger partial charge in [0.05, 0.1) is 11.2 Å². The van der Waals surface area contributed by atoms with Crippen LogP contribution in [0.15, 0.2) is 30.3 Å². The summed E-state index contributed by atoms with van der Waals surface area (Å²) in [5, 5.41) is 11.1. The van der Waals surface area contributed by atoms with E-state index in [9.17, 15) is 5.11 Å². The van der Waals surface area contributed by atoms with Crippen LogP contribution in [-0.4, -0.2) is 16.9 Å². The third-order valence-electron chi connectivity index (χ3n) is 2.48. The first kappa shape index (κ1) is 10.1. The SMILES string of the molecule is COn1c(C(C)(C)O)cc2ccccc21. The molecule has 15 heavy (non-hydrogen) atoms. The zero-order chi connectivity index (χ0) is 11.1. The summed E-state index contributed by atoms with van der Waals surface area (Å²) in [5.74, 6) is 0. The van der Waals surface area contributed by atoms with Crippen LogP contribution < -0.4 is 4.84 Å². The first-order chi connectivity index (χ1) is 7.04. The molecule has 0 aliphatic rings. The molecule has 0 atom stereocenters. The van der Waals surface area contributed by atoms with Gasteiger partial charge in [-0.2, -0.15) is 4.73 Å². The van der Waals surface area contributed by atoms with Crippen LogP contribution in [0.4, 0.5) is 0 Å². The van der Waals surface area contributed by atoms with Gasteiger partial charge in [-0.05, 0) is 26.0 Å². The van der Waals surface area contributed by atoms with E-state index < -0.39 is 5.60 Å². The van der Waals surface area contributed by atoms with Crippen molar-refractivity contribution in [1.29, 1.82) is 0 Å². The summed E-state index contributed by atoms with van der Waals surface area (Å²) < 4.78 is 1.66. The fraction of sp³-hybridized carbons (Fsp3) is 0.333. The number of para-hydroxylation sites is 1. The van der Waals surface area contributed by atoms with E-state index in [-0.39, 0.29) is 0 Å². The molecule has 0 aliphatic heterocycles. The Morgan fingerprint density at radius 3 is 2.53 bits per heavy atom. The quantitative estimate of drug-likeness (QED) is 0.812. The van der Waals surface area contributed by atoms with Crippen LogP contribution in [0.25, 0.3) is 10.9 Å². The number of hydrogen-bond acceptors (Lipinski definition) is 2. The third kappa shape index (κ3) is 1.59. The van der Waals surface area contributed by atoms with Crippen molar-refractivity contribution in [3.05, 3.63) is 36.0 Å². The van der Waals surface area contributed by atoms with E-state index in [0.717, 1.165) is 16.6 Å². The molecule has 0 bridgehead atoms. The fourth-order valence-electron chi connectivity index (χ4n) is 1.75. The van der Waals surface area contributed by atoms with Crippen molar-refractivity contribution in [3.63, 3.8) is 0 Å². The Morgan fingerprint density at radius 2 is 1.93 bits per heavy atom. The van der Waals surface area contributed by atoms with Crippen LogP contribution in [0.1, 0.15) is 19.5 Å². The van der Waals surface area contributed by atoms with Gasteiger partial charge in [0.25, 0.3) is 0 Å². The molecule has 0 saturated carbocycles. The van der Waals surface area contributed by atoms with Gasteiger partial charge in [-0.1, -0.05) is 18.2 Å². The Bertz CT molecular complexity index is 480. The second-order valence-corrected chi connectivity index (χ2v) is 4.12. The van der Waals surface area contributed by atoms with E-state index in [1.165, 1.54) is 0 Å². The van der Waals surface area contributed by atoms with E-state index in [1.54, 1.807) is 25.7 Å². The number of aliphatic hydroxyl groups is 1. The van der Waals surface area contributed by atoms with Gasteiger partial charge in [-0.25, -0.2) is 0 Å². The monoisotopic (exact) mass is 205 g/mol. The lowest BCUT2D eigenvalue weighted by molar-refractivity contribution is 0.0457. The van der Waals surface area contributed by atoms with Crippen LogP contribution in [0.3, 0.4) is 0 Å². The van der Waals surface area contributed by atoms with Gasteiger partial charge in [0.15, 0.2) is 0 Å². The minimum Gasteiger partial charge on any atom is -0.417 e. The van der Waals surface area contributed by atoms with E-state index in [2.05, 4.69) is 0 Å². The summed E-state index contributed by atoms with van der Waals surface area (Å²) >= 11 is 0. The Balaban J connectivity index is 2.75. The second kappa shape index (κ2) is 3.28. The molecule has 0 amide bonds. The van der Waals surface area contributed by atoms with Crippen molar-refractivity contribution >= 4 is 10.9 Å². The third-order valence-corrected chi connectivity index (χ3v) is 2.48. The Hall–Kier alpha value is -1.48. The highest BCUT2D eigenvalue weighted by molar-refractivity contribution is 5.81. The summed E-state index contributed by atoms with van der Waals surface area (Å²) in [6, 6.07) is 9.83. The van der Waals surface area contributed by atoms with Crippen LogP contribution in [0.5, 0.6) is 0 Å². The molecule has 2 aromatic rings. The highest BCUT2D eigenvalue weighted by atomic mass is 16.6. The number of rotatable bonds is 2. The minimum absolute atomic E-state index is 0.756. The molecule has 0 aliphatic carbocycles. The molecule has 1 heterocycles. The van der Waals surface area contributed by atoms with Crippen LogP contribution in [-0.2, 0) is 5.60 Å². The van der Waals surface area contributed by atoms with Gasteiger partial charge in [-0.15, -0.1) is 0 Å². The topological polar surface area (TPSA) is 34.4 Å². The van der Waals surface area contributed by atoms with E-state index in [0.29, 0.717) is 0 Å². The van der Waals surface area contributed by atoms with Crippen molar-refractivity contribution in [1.82, 2.24) is 4.73 Å². The lowest BCUT2D eigenvalue weighted by Gasteiger charge is -2.19. The number of aromatic nitrogens is 1. The fourth-order valence-corrected chi connectivity index (χ4v) is 1.75. The maximum absolute atomic E-state index is 10.0. The average molecular weight is 205 g/mol. The zero-order valence-corrected chi connectivity index (χ0v) is 9.19. The van der Waals surface area contributed by atoms with Crippen LogP contribution in [0, 0.1) is 0 Å². The molecule has 0 spiro atoms. The van der Waals surface area contributed by atoms with Crippen molar-refractivity contribution in [2.24, 2.45) is 0 Å². The number of hydrogen-bond donors (Lipinski definition) is 1. The largest absolute Gasteiger partial charge is 0.417 e. The standard InChI is InChI=1S/C12H15NO2/c1-12(2,14)11-8-9-6-4-5-7-10(9)13(11)15-3/h4-8,14H,1-3H3. The predicted octanol–water partition coefficient (Wildman–Crippen LogP) is 1.93. The van der Waals surface area contributed by atoms with Crippen molar-refractivity contribution < 1.29 is 9.94 Å². The summed E-state index contributed by atoms with van der Waals surface area (Å²) in [4.78, 5) is 5.28. The maximum atomic E-state index is 10.0. The number of fused-ring (bicyclic) bond motifs is 1. The average Bonchev–Trinajstić information content (AvgIpc) is 2.55. The summed E-state index contributed by atoms with van der Waals surface area (Å²) in [6.07, 6.45) is 0. The van der Waals surface area contributed by atoms with E-state index in [1.807, 2.05) is 30.3 Å². The number of nitrogens with zero attached hydrogens (tertiary/aromatic N) is 1. The second-order valence-electron chi connectivity index (χ2n) is 4.12. The molecular weight excluding hydrogens is 190 g/mol. The molecule has 0 saturated heterocycles. The molecule has 2 rings (SSSR count). The Morgan fingerprint density at radius 1 is 1.27 bits per heavy atom. The summed E-state index contributed by atoms with van der Waals surface area (Å²) in [5.41, 5.74) is 0.818. The molecule has 0 fully saturated rings. The van der Waals surface area contributed by atoms with Crippen molar-refractivity contribution in [3.8, 4) is 0 Å². The van der Waals surface area contributed by atoms with Gasteiger partial charge < -0.3 is 9.94 Å². The molecule has 1 aromatic carbocycles. The van der Waals surface area contributed by atoms with Crippen LogP contribution in [0.2, 0.25) is 0 Å². The van der Waals surface area contributed by atoms with Crippen molar-refractivity contribution in [2.75, 3.05) is 7.11 Å². The number of benzene rings is 1. The first-order valence-electron chi connectivity index (χ1n) is 4.92. The molecule has 0 radical (unpaired) electrons. The lowest BCUT2D eigenvalue weighted by Crippen LogP contribution is -2.23. The van der Waals surface area contributed by atoms with Crippen molar-refractivity contribution in [2.45, 2.75) is 19.4 Å².